The second-order valence-corrected chi connectivity index (χ2v) is 5.59. The zero-order valence-electron chi connectivity index (χ0n) is 12.6. The molecule has 1 aromatic carbocycles. The van der Waals surface area contributed by atoms with Crippen LogP contribution in [0.2, 0.25) is 0 Å². The van der Waals surface area contributed by atoms with Crippen LogP contribution in [0.25, 0.3) is 0 Å². The Kier molecular flexibility index (Phi) is 5.17. The third kappa shape index (κ3) is 3.03. The summed E-state index contributed by atoms with van der Waals surface area (Å²) in [5.41, 5.74) is 0.486. The predicted octanol–water partition coefficient (Wildman–Crippen LogP) is 2.89. The average Bonchev–Trinajstić information content (AvgIpc) is 2.94. The van der Waals surface area contributed by atoms with Gasteiger partial charge >= 0.3 is 0 Å². The van der Waals surface area contributed by atoms with Gasteiger partial charge in [-0.05, 0) is 37.9 Å². The fraction of sp³-hybridized carbons (Fsp3) is 0.588. The van der Waals surface area contributed by atoms with Crippen LogP contribution in [0.15, 0.2) is 30.3 Å². The molecular formula is C17H25N3. The van der Waals surface area contributed by atoms with E-state index in [4.69, 9.17) is 0 Å². The van der Waals surface area contributed by atoms with Crippen molar-refractivity contribution in [3.8, 4) is 6.07 Å². The van der Waals surface area contributed by atoms with Gasteiger partial charge in [-0.15, -0.1) is 0 Å². The Balaban J connectivity index is 2.26. The first kappa shape index (κ1) is 15.0. The van der Waals surface area contributed by atoms with Crippen molar-refractivity contribution in [2.45, 2.75) is 44.7 Å². The Morgan fingerprint density at radius 1 is 1.35 bits per heavy atom. The predicted molar refractivity (Wildman–Crippen MR) is 82.3 cm³/mol. The third-order valence-corrected chi connectivity index (χ3v) is 4.35. The highest BCUT2D eigenvalue weighted by Crippen LogP contribution is 2.27. The van der Waals surface area contributed by atoms with Gasteiger partial charge in [-0.25, -0.2) is 0 Å². The van der Waals surface area contributed by atoms with Gasteiger partial charge in [0.2, 0.25) is 0 Å². The van der Waals surface area contributed by atoms with Crippen LogP contribution in [0.3, 0.4) is 0 Å². The SMILES string of the molecule is CCNC(C#N)(CN1CCCC1CC)c1ccccc1. The molecule has 1 heterocycles. The van der Waals surface area contributed by atoms with E-state index in [9.17, 15) is 5.26 Å². The molecule has 2 atom stereocenters. The largest absolute Gasteiger partial charge is 0.297 e. The molecule has 20 heavy (non-hydrogen) atoms. The number of likely N-dealkylation sites (tertiary alicyclic amines) is 1. The van der Waals surface area contributed by atoms with Gasteiger partial charge in [0.25, 0.3) is 0 Å². The summed E-state index contributed by atoms with van der Waals surface area (Å²) in [5.74, 6) is 0. The van der Waals surface area contributed by atoms with E-state index in [2.05, 4.69) is 42.3 Å². The molecule has 1 aromatic rings. The molecular weight excluding hydrogens is 246 g/mol. The van der Waals surface area contributed by atoms with Crippen molar-refractivity contribution in [2.75, 3.05) is 19.6 Å². The van der Waals surface area contributed by atoms with Crippen molar-refractivity contribution in [2.24, 2.45) is 0 Å². The Morgan fingerprint density at radius 2 is 2.10 bits per heavy atom. The minimum atomic E-state index is -0.590. The summed E-state index contributed by atoms with van der Waals surface area (Å²) in [7, 11) is 0. The van der Waals surface area contributed by atoms with Crippen LogP contribution < -0.4 is 5.32 Å². The molecule has 2 rings (SSSR count). The molecule has 1 saturated heterocycles. The lowest BCUT2D eigenvalue weighted by Crippen LogP contribution is -2.51. The standard InChI is InChI=1S/C17H25N3/c1-3-16-11-8-12-20(16)14-17(13-18,19-4-2)15-9-6-5-7-10-15/h5-7,9-10,16,19H,3-4,8,11-12,14H2,1-2H3. The number of nitriles is 1. The molecule has 1 N–H and O–H groups in total. The summed E-state index contributed by atoms with van der Waals surface area (Å²) in [5, 5.41) is 13.3. The highest BCUT2D eigenvalue weighted by atomic mass is 15.2. The molecule has 0 aromatic heterocycles. The number of hydrogen-bond acceptors (Lipinski definition) is 3. The van der Waals surface area contributed by atoms with Crippen LogP contribution in [0.5, 0.6) is 0 Å². The molecule has 3 heteroatoms. The van der Waals surface area contributed by atoms with Gasteiger partial charge in [0.05, 0.1) is 6.07 Å². The maximum atomic E-state index is 9.84. The molecule has 0 bridgehead atoms. The quantitative estimate of drug-likeness (QED) is 0.864. The number of benzene rings is 1. The Hall–Kier alpha value is -1.37. The Labute approximate surface area is 122 Å². The van der Waals surface area contributed by atoms with E-state index in [-0.39, 0.29) is 0 Å². The molecule has 0 aliphatic carbocycles. The molecule has 0 amide bonds. The second kappa shape index (κ2) is 6.88. The minimum Gasteiger partial charge on any atom is -0.297 e. The second-order valence-electron chi connectivity index (χ2n) is 5.59. The summed E-state index contributed by atoms with van der Waals surface area (Å²) < 4.78 is 0. The first-order valence-electron chi connectivity index (χ1n) is 7.71. The molecule has 2 unspecified atom stereocenters. The van der Waals surface area contributed by atoms with E-state index >= 15 is 0 Å². The lowest BCUT2D eigenvalue weighted by Gasteiger charge is -2.35. The van der Waals surface area contributed by atoms with Gasteiger partial charge < -0.3 is 0 Å². The maximum absolute atomic E-state index is 9.84. The van der Waals surface area contributed by atoms with Crippen LogP contribution in [-0.4, -0.2) is 30.6 Å². The molecule has 3 nitrogen and oxygen atoms in total. The number of nitrogens with one attached hydrogen (secondary N) is 1. The van der Waals surface area contributed by atoms with Crippen molar-refractivity contribution in [1.29, 1.82) is 5.26 Å². The molecule has 1 aliphatic rings. The summed E-state index contributed by atoms with van der Waals surface area (Å²) >= 11 is 0. The zero-order valence-corrected chi connectivity index (χ0v) is 12.6. The summed E-state index contributed by atoms with van der Waals surface area (Å²) in [6, 6.07) is 13.3. The average molecular weight is 271 g/mol. The van der Waals surface area contributed by atoms with Gasteiger partial charge in [0, 0.05) is 12.6 Å². The molecule has 108 valence electrons. The van der Waals surface area contributed by atoms with Crippen LogP contribution in [0.1, 0.15) is 38.7 Å². The smallest absolute Gasteiger partial charge is 0.145 e. The molecule has 0 radical (unpaired) electrons. The number of nitrogens with zero attached hydrogens (tertiary/aromatic N) is 2. The van der Waals surface area contributed by atoms with Crippen LogP contribution in [0, 0.1) is 11.3 Å². The topological polar surface area (TPSA) is 39.1 Å². The molecule has 1 aliphatic heterocycles. The van der Waals surface area contributed by atoms with Gasteiger partial charge in [-0.1, -0.05) is 44.2 Å². The highest BCUT2D eigenvalue weighted by Gasteiger charge is 2.36. The van der Waals surface area contributed by atoms with E-state index in [0.717, 1.165) is 25.2 Å². The van der Waals surface area contributed by atoms with Crippen molar-refractivity contribution in [1.82, 2.24) is 10.2 Å². The van der Waals surface area contributed by atoms with Gasteiger partial charge in [-0.3, -0.25) is 10.2 Å². The minimum absolute atomic E-state index is 0.590. The third-order valence-electron chi connectivity index (χ3n) is 4.35. The van der Waals surface area contributed by atoms with Crippen molar-refractivity contribution in [3.05, 3.63) is 35.9 Å². The monoisotopic (exact) mass is 271 g/mol. The number of hydrogen-bond donors (Lipinski definition) is 1. The van der Waals surface area contributed by atoms with Gasteiger partial charge in [0.1, 0.15) is 5.54 Å². The van der Waals surface area contributed by atoms with E-state index < -0.39 is 5.54 Å². The summed E-state index contributed by atoms with van der Waals surface area (Å²) in [6.07, 6.45) is 3.68. The van der Waals surface area contributed by atoms with Gasteiger partial charge in [-0.2, -0.15) is 5.26 Å². The van der Waals surface area contributed by atoms with Crippen LogP contribution >= 0.6 is 0 Å². The highest BCUT2D eigenvalue weighted by molar-refractivity contribution is 5.32. The maximum Gasteiger partial charge on any atom is 0.145 e. The van der Waals surface area contributed by atoms with E-state index in [1.807, 2.05) is 18.2 Å². The van der Waals surface area contributed by atoms with Crippen molar-refractivity contribution >= 4 is 0 Å². The van der Waals surface area contributed by atoms with Gasteiger partial charge in [0.15, 0.2) is 0 Å². The first-order valence-corrected chi connectivity index (χ1v) is 7.71. The fourth-order valence-electron chi connectivity index (χ4n) is 3.28. The summed E-state index contributed by atoms with van der Waals surface area (Å²) in [4.78, 5) is 2.48. The van der Waals surface area contributed by atoms with Crippen LogP contribution in [-0.2, 0) is 5.54 Å². The fourth-order valence-corrected chi connectivity index (χ4v) is 3.28. The van der Waals surface area contributed by atoms with Crippen molar-refractivity contribution < 1.29 is 0 Å². The zero-order chi connectivity index (χ0) is 14.4. The van der Waals surface area contributed by atoms with Crippen molar-refractivity contribution in [3.63, 3.8) is 0 Å². The molecule has 1 fully saturated rings. The Morgan fingerprint density at radius 3 is 2.70 bits per heavy atom. The number of likely N-dealkylation sites (N-methyl/N-ethyl adjacent to an activating group) is 1. The van der Waals surface area contributed by atoms with Crippen LogP contribution in [0.4, 0.5) is 0 Å². The molecule has 0 saturated carbocycles. The van der Waals surface area contributed by atoms with E-state index in [1.165, 1.54) is 19.3 Å². The van der Waals surface area contributed by atoms with E-state index in [1.54, 1.807) is 0 Å². The Bertz CT molecular complexity index is 451. The normalized spacial score (nSPS) is 22.4. The van der Waals surface area contributed by atoms with E-state index in [0.29, 0.717) is 6.04 Å². The number of rotatable bonds is 6. The molecule has 0 spiro atoms. The summed E-state index contributed by atoms with van der Waals surface area (Å²) in [6.45, 7) is 7.00. The lowest BCUT2D eigenvalue weighted by atomic mass is 9.90. The lowest BCUT2D eigenvalue weighted by molar-refractivity contribution is 0.194. The first-order chi connectivity index (χ1) is 9.75.